The first kappa shape index (κ1) is 19.1. The summed E-state index contributed by atoms with van der Waals surface area (Å²) >= 11 is 0. The van der Waals surface area contributed by atoms with Gasteiger partial charge < -0.3 is 15.0 Å². The Kier molecular flexibility index (Phi) is 6.13. The third kappa shape index (κ3) is 4.35. The molecule has 0 bridgehead atoms. The second-order valence-corrected chi connectivity index (χ2v) is 8.42. The number of hydrogen-bond acceptors (Lipinski definition) is 4. The van der Waals surface area contributed by atoms with Gasteiger partial charge in [0.05, 0.1) is 19.3 Å². The number of carbonyl (C=O) groups is 1. The fourth-order valence-electron chi connectivity index (χ4n) is 3.16. The SMILES string of the molecule is CC(NC(=O)N1CCN(S(=O)(=O)N2CCOCC2)CC1)c1ccccc1. The van der Waals surface area contributed by atoms with E-state index in [1.165, 1.54) is 8.61 Å². The van der Waals surface area contributed by atoms with Crippen molar-refractivity contribution in [3.63, 3.8) is 0 Å². The van der Waals surface area contributed by atoms with E-state index in [1.807, 2.05) is 37.3 Å². The number of piperazine rings is 1. The van der Waals surface area contributed by atoms with Crippen LogP contribution in [0.5, 0.6) is 0 Å². The zero-order valence-electron chi connectivity index (χ0n) is 15.0. The average molecular weight is 382 g/mol. The van der Waals surface area contributed by atoms with Crippen molar-refractivity contribution in [2.75, 3.05) is 52.5 Å². The lowest BCUT2D eigenvalue weighted by molar-refractivity contribution is 0.0689. The quantitative estimate of drug-likeness (QED) is 0.829. The molecule has 1 unspecified atom stereocenters. The van der Waals surface area contributed by atoms with Gasteiger partial charge in [0.25, 0.3) is 10.2 Å². The first-order valence-corrected chi connectivity index (χ1v) is 10.3. The van der Waals surface area contributed by atoms with E-state index in [1.54, 1.807) is 4.90 Å². The zero-order valence-corrected chi connectivity index (χ0v) is 15.8. The summed E-state index contributed by atoms with van der Waals surface area (Å²) in [5.41, 5.74) is 1.04. The third-order valence-electron chi connectivity index (χ3n) is 4.79. The van der Waals surface area contributed by atoms with E-state index in [9.17, 15) is 13.2 Å². The van der Waals surface area contributed by atoms with Gasteiger partial charge in [0, 0.05) is 39.3 Å². The molecule has 9 heteroatoms. The smallest absolute Gasteiger partial charge is 0.317 e. The number of morpholine rings is 1. The maximum absolute atomic E-state index is 12.7. The van der Waals surface area contributed by atoms with Gasteiger partial charge in [-0.25, -0.2) is 4.79 Å². The van der Waals surface area contributed by atoms with Crippen molar-refractivity contribution in [3.05, 3.63) is 35.9 Å². The van der Waals surface area contributed by atoms with Crippen LogP contribution in [0.15, 0.2) is 30.3 Å². The van der Waals surface area contributed by atoms with Crippen LogP contribution >= 0.6 is 0 Å². The molecule has 2 fully saturated rings. The van der Waals surface area contributed by atoms with Crippen molar-refractivity contribution in [1.82, 2.24) is 18.8 Å². The van der Waals surface area contributed by atoms with Gasteiger partial charge >= 0.3 is 6.03 Å². The molecule has 2 heterocycles. The molecule has 2 aliphatic heterocycles. The van der Waals surface area contributed by atoms with Crippen molar-refractivity contribution >= 4 is 16.2 Å². The van der Waals surface area contributed by atoms with Crippen molar-refractivity contribution in [2.24, 2.45) is 0 Å². The molecular weight excluding hydrogens is 356 g/mol. The van der Waals surface area contributed by atoms with Crippen LogP contribution in [0.3, 0.4) is 0 Å². The number of rotatable bonds is 4. The van der Waals surface area contributed by atoms with Crippen molar-refractivity contribution in [3.8, 4) is 0 Å². The number of amides is 2. The molecule has 0 aliphatic carbocycles. The molecule has 0 radical (unpaired) electrons. The minimum Gasteiger partial charge on any atom is -0.379 e. The fraction of sp³-hybridized carbons (Fsp3) is 0.588. The second kappa shape index (κ2) is 8.34. The average Bonchev–Trinajstić information content (AvgIpc) is 2.69. The highest BCUT2D eigenvalue weighted by molar-refractivity contribution is 7.86. The summed E-state index contributed by atoms with van der Waals surface area (Å²) in [4.78, 5) is 14.1. The molecule has 0 saturated carbocycles. The van der Waals surface area contributed by atoms with Crippen molar-refractivity contribution < 1.29 is 17.9 Å². The summed E-state index contributed by atoms with van der Waals surface area (Å²) in [7, 11) is -3.47. The molecule has 8 nitrogen and oxygen atoms in total. The van der Waals surface area contributed by atoms with Crippen LogP contribution in [0.2, 0.25) is 0 Å². The lowest BCUT2D eigenvalue weighted by Crippen LogP contribution is -2.57. The monoisotopic (exact) mass is 382 g/mol. The van der Waals surface area contributed by atoms with Gasteiger partial charge in [0.2, 0.25) is 0 Å². The van der Waals surface area contributed by atoms with Crippen LogP contribution in [-0.2, 0) is 14.9 Å². The Morgan fingerprint density at radius 2 is 1.58 bits per heavy atom. The summed E-state index contributed by atoms with van der Waals surface area (Å²) in [5, 5.41) is 2.97. The minimum atomic E-state index is -3.47. The van der Waals surface area contributed by atoms with Crippen LogP contribution in [0, 0.1) is 0 Å². The Morgan fingerprint density at radius 1 is 1.00 bits per heavy atom. The molecule has 144 valence electrons. The van der Waals surface area contributed by atoms with Gasteiger partial charge in [-0.05, 0) is 12.5 Å². The van der Waals surface area contributed by atoms with E-state index >= 15 is 0 Å². The number of benzene rings is 1. The molecule has 1 atom stereocenters. The summed E-state index contributed by atoms with van der Waals surface area (Å²) < 4.78 is 33.5. The maximum atomic E-state index is 12.7. The summed E-state index contributed by atoms with van der Waals surface area (Å²) in [6.45, 7) is 4.97. The summed E-state index contributed by atoms with van der Waals surface area (Å²) in [5.74, 6) is 0. The minimum absolute atomic E-state index is 0.0983. The van der Waals surface area contributed by atoms with E-state index in [0.29, 0.717) is 52.5 Å². The highest BCUT2D eigenvalue weighted by atomic mass is 32.2. The molecule has 0 aromatic heterocycles. The molecular formula is C17H26N4O4S. The molecule has 2 aliphatic rings. The lowest BCUT2D eigenvalue weighted by atomic mass is 10.1. The number of nitrogens with zero attached hydrogens (tertiary/aromatic N) is 3. The number of urea groups is 1. The number of carbonyl (C=O) groups excluding carboxylic acids is 1. The first-order valence-electron chi connectivity index (χ1n) is 8.92. The Hall–Kier alpha value is -1.68. The van der Waals surface area contributed by atoms with Crippen molar-refractivity contribution in [1.29, 1.82) is 0 Å². The molecule has 1 N–H and O–H groups in total. The van der Waals surface area contributed by atoms with Gasteiger partial charge in [-0.1, -0.05) is 30.3 Å². The molecule has 2 amide bonds. The van der Waals surface area contributed by atoms with Crippen LogP contribution in [-0.4, -0.2) is 80.4 Å². The molecule has 1 aromatic rings. The topological polar surface area (TPSA) is 82.2 Å². The summed E-state index contributed by atoms with van der Waals surface area (Å²) in [6, 6.07) is 9.49. The van der Waals surface area contributed by atoms with Crippen LogP contribution in [0.1, 0.15) is 18.5 Å². The van der Waals surface area contributed by atoms with Gasteiger partial charge in [-0.3, -0.25) is 0 Å². The first-order chi connectivity index (χ1) is 12.5. The maximum Gasteiger partial charge on any atom is 0.317 e. The summed E-state index contributed by atoms with van der Waals surface area (Å²) in [6.07, 6.45) is 0. The standard InChI is InChI=1S/C17H26N4O4S/c1-15(16-5-3-2-4-6-16)18-17(22)19-7-9-20(10-8-19)26(23,24)21-11-13-25-14-12-21/h2-6,15H,7-14H2,1H3,(H,18,22). The third-order valence-corrected chi connectivity index (χ3v) is 6.82. The van der Waals surface area contributed by atoms with E-state index in [4.69, 9.17) is 4.74 Å². The molecule has 1 aromatic carbocycles. The second-order valence-electron chi connectivity index (χ2n) is 6.49. The number of hydrogen-bond donors (Lipinski definition) is 1. The van der Waals surface area contributed by atoms with Crippen LogP contribution < -0.4 is 5.32 Å². The Bertz CT molecular complexity index is 699. The molecule has 2 saturated heterocycles. The molecule has 3 rings (SSSR count). The number of ether oxygens (including phenoxy) is 1. The Balaban J connectivity index is 1.52. The largest absolute Gasteiger partial charge is 0.379 e. The van der Waals surface area contributed by atoms with Crippen LogP contribution in [0.4, 0.5) is 4.79 Å². The predicted octanol–water partition coefficient (Wildman–Crippen LogP) is 0.652. The Labute approximate surface area is 154 Å². The highest BCUT2D eigenvalue weighted by Crippen LogP contribution is 2.15. The van der Waals surface area contributed by atoms with Crippen molar-refractivity contribution in [2.45, 2.75) is 13.0 Å². The Morgan fingerprint density at radius 3 is 2.19 bits per heavy atom. The van der Waals surface area contributed by atoms with Gasteiger partial charge in [-0.2, -0.15) is 17.0 Å². The molecule has 26 heavy (non-hydrogen) atoms. The lowest BCUT2D eigenvalue weighted by Gasteiger charge is -2.37. The van der Waals surface area contributed by atoms with Crippen LogP contribution in [0.25, 0.3) is 0 Å². The normalized spacial score (nSPS) is 21.3. The van der Waals surface area contributed by atoms with E-state index in [2.05, 4.69) is 5.32 Å². The van der Waals surface area contributed by atoms with E-state index in [-0.39, 0.29) is 12.1 Å². The van der Waals surface area contributed by atoms with Gasteiger partial charge in [0.1, 0.15) is 0 Å². The number of nitrogens with one attached hydrogen (secondary N) is 1. The fourth-order valence-corrected chi connectivity index (χ4v) is 4.73. The van der Waals surface area contributed by atoms with E-state index in [0.717, 1.165) is 5.56 Å². The highest BCUT2D eigenvalue weighted by Gasteiger charge is 2.34. The van der Waals surface area contributed by atoms with Gasteiger partial charge in [-0.15, -0.1) is 0 Å². The van der Waals surface area contributed by atoms with Gasteiger partial charge in [0.15, 0.2) is 0 Å². The zero-order chi connectivity index (χ0) is 18.6. The predicted molar refractivity (Wildman–Crippen MR) is 97.8 cm³/mol. The molecule has 0 spiro atoms. The van der Waals surface area contributed by atoms with E-state index < -0.39 is 10.2 Å².